The monoisotopic (exact) mass is 320 g/mol. The van der Waals surface area contributed by atoms with Gasteiger partial charge in [-0.1, -0.05) is 20.8 Å². The highest BCUT2D eigenvalue weighted by Crippen LogP contribution is 2.69. The lowest BCUT2D eigenvalue weighted by atomic mass is 9.42. The van der Waals surface area contributed by atoms with Crippen LogP contribution in [0.25, 0.3) is 0 Å². The van der Waals surface area contributed by atoms with Gasteiger partial charge in [0.25, 0.3) is 0 Å². The second-order valence-electron chi connectivity index (χ2n) is 10.4. The van der Waals surface area contributed by atoms with E-state index in [-0.39, 0.29) is 11.5 Å². The maximum absolute atomic E-state index is 11.0. The van der Waals surface area contributed by atoms with Crippen molar-refractivity contribution in [2.45, 2.75) is 90.8 Å². The SMILES string of the molecule is CC1C[C@@H]2C[C@H](O)CCC2(C)C2CCC3(C)C(CC[C@]3(C)O)C12. The van der Waals surface area contributed by atoms with Gasteiger partial charge in [0, 0.05) is 0 Å². The molecular formula is C21H36O2. The van der Waals surface area contributed by atoms with Crippen molar-refractivity contribution in [1.82, 2.24) is 0 Å². The lowest BCUT2D eigenvalue weighted by Crippen LogP contribution is -2.58. The van der Waals surface area contributed by atoms with Crippen LogP contribution in [0.15, 0.2) is 0 Å². The first-order valence-electron chi connectivity index (χ1n) is 10.1. The van der Waals surface area contributed by atoms with Crippen molar-refractivity contribution in [1.29, 1.82) is 0 Å². The van der Waals surface area contributed by atoms with Gasteiger partial charge in [0.05, 0.1) is 11.7 Å². The zero-order valence-corrected chi connectivity index (χ0v) is 15.5. The molecule has 9 atom stereocenters. The minimum absolute atomic E-state index is 0.0575. The molecule has 23 heavy (non-hydrogen) atoms. The number of hydrogen-bond donors (Lipinski definition) is 2. The lowest BCUT2D eigenvalue weighted by molar-refractivity contribution is -0.169. The summed E-state index contributed by atoms with van der Waals surface area (Å²) in [4.78, 5) is 0. The molecule has 0 aromatic heterocycles. The van der Waals surface area contributed by atoms with Crippen LogP contribution in [0.3, 0.4) is 0 Å². The summed E-state index contributed by atoms with van der Waals surface area (Å²) in [7, 11) is 0. The third-order valence-electron chi connectivity index (χ3n) is 9.56. The van der Waals surface area contributed by atoms with Crippen molar-refractivity contribution in [2.75, 3.05) is 0 Å². The van der Waals surface area contributed by atoms with E-state index in [0.29, 0.717) is 17.3 Å². The summed E-state index contributed by atoms with van der Waals surface area (Å²) >= 11 is 0. The molecule has 4 aliphatic carbocycles. The van der Waals surface area contributed by atoms with Gasteiger partial charge >= 0.3 is 0 Å². The average molecular weight is 321 g/mol. The predicted molar refractivity (Wildman–Crippen MR) is 92.9 cm³/mol. The van der Waals surface area contributed by atoms with Gasteiger partial charge in [0.2, 0.25) is 0 Å². The summed E-state index contributed by atoms with van der Waals surface area (Å²) in [5, 5.41) is 21.2. The Bertz CT molecular complexity index is 486. The number of rotatable bonds is 0. The third-order valence-corrected chi connectivity index (χ3v) is 9.56. The second kappa shape index (κ2) is 4.97. The van der Waals surface area contributed by atoms with E-state index >= 15 is 0 Å². The van der Waals surface area contributed by atoms with Crippen molar-refractivity contribution in [2.24, 2.45) is 40.4 Å². The quantitative estimate of drug-likeness (QED) is 0.695. The zero-order valence-electron chi connectivity index (χ0n) is 15.5. The Morgan fingerprint density at radius 1 is 0.870 bits per heavy atom. The Balaban J connectivity index is 1.68. The standard InChI is InChI=1S/C21H36O2/c1-13-11-14-12-15(22)5-8-19(14,2)16-6-9-20(3)17(18(13)16)7-10-21(20,4)23/h13-18,22-23H,5-12H2,1-4H3/t13?,14-,15-,16?,17?,18?,19?,20?,21+/m1/s1. The molecule has 0 spiro atoms. The predicted octanol–water partition coefficient (Wildman–Crippen LogP) is 4.39. The highest BCUT2D eigenvalue weighted by molar-refractivity contribution is 5.13. The van der Waals surface area contributed by atoms with Gasteiger partial charge in [-0.15, -0.1) is 0 Å². The number of aliphatic hydroxyl groups is 2. The maximum Gasteiger partial charge on any atom is 0.0675 e. The van der Waals surface area contributed by atoms with Crippen LogP contribution in [0.4, 0.5) is 0 Å². The van der Waals surface area contributed by atoms with Crippen molar-refractivity contribution in [3.8, 4) is 0 Å². The van der Waals surface area contributed by atoms with Crippen LogP contribution >= 0.6 is 0 Å². The Kier molecular flexibility index (Phi) is 3.54. The molecule has 2 heteroatoms. The first-order valence-corrected chi connectivity index (χ1v) is 10.1. The molecule has 4 saturated carbocycles. The van der Waals surface area contributed by atoms with Crippen LogP contribution in [0.5, 0.6) is 0 Å². The molecule has 2 nitrogen and oxygen atoms in total. The molecule has 4 rings (SSSR count). The Morgan fingerprint density at radius 3 is 2.30 bits per heavy atom. The maximum atomic E-state index is 11.0. The molecular weight excluding hydrogens is 284 g/mol. The van der Waals surface area contributed by atoms with E-state index in [1.165, 1.54) is 32.1 Å². The largest absolute Gasteiger partial charge is 0.393 e. The second-order valence-corrected chi connectivity index (χ2v) is 10.4. The van der Waals surface area contributed by atoms with Crippen LogP contribution in [0, 0.1) is 40.4 Å². The summed E-state index contributed by atoms with van der Waals surface area (Å²) in [6.45, 7) is 9.49. The molecule has 0 aromatic carbocycles. The van der Waals surface area contributed by atoms with Crippen molar-refractivity contribution in [3.05, 3.63) is 0 Å². The van der Waals surface area contributed by atoms with Crippen molar-refractivity contribution in [3.63, 3.8) is 0 Å². The van der Waals surface area contributed by atoms with Gasteiger partial charge < -0.3 is 10.2 Å². The minimum Gasteiger partial charge on any atom is -0.393 e. The fourth-order valence-electron chi connectivity index (χ4n) is 7.86. The molecule has 4 fully saturated rings. The third kappa shape index (κ3) is 2.06. The molecule has 2 N–H and O–H groups in total. The molecule has 0 radical (unpaired) electrons. The molecule has 4 aliphatic rings. The van der Waals surface area contributed by atoms with E-state index in [0.717, 1.165) is 37.0 Å². The number of aliphatic hydroxyl groups excluding tert-OH is 1. The highest BCUT2D eigenvalue weighted by atomic mass is 16.3. The first kappa shape index (κ1) is 16.4. The number of hydrogen-bond acceptors (Lipinski definition) is 2. The molecule has 6 unspecified atom stereocenters. The topological polar surface area (TPSA) is 40.5 Å². The highest BCUT2D eigenvalue weighted by Gasteiger charge is 2.64. The van der Waals surface area contributed by atoms with Crippen LogP contribution in [-0.4, -0.2) is 21.9 Å². The Labute approximate surface area is 142 Å². The summed E-state index contributed by atoms with van der Waals surface area (Å²) in [5.41, 5.74) is 0.0921. The van der Waals surface area contributed by atoms with E-state index in [9.17, 15) is 10.2 Å². The fraction of sp³-hybridized carbons (Fsp3) is 1.00. The molecule has 0 saturated heterocycles. The van der Waals surface area contributed by atoms with Gasteiger partial charge in [-0.05, 0) is 98.7 Å². The number of fused-ring (bicyclic) bond motifs is 5. The fourth-order valence-corrected chi connectivity index (χ4v) is 7.86. The normalized spacial score (nSPS) is 62.3. The van der Waals surface area contributed by atoms with E-state index in [1.54, 1.807) is 0 Å². The van der Waals surface area contributed by atoms with Crippen LogP contribution in [-0.2, 0) is 0 Å². The van der Waals surface area contributed by atoms with Gasteiger partial charge in [-0.25, -0.2) is 0 Å². The van der Waals surface area contributed by atoms with Crippen LogP contribution < -0.4 is 0 Å². The molecule has 0 bridgehead atoms. The molecule has 0 heterocycles. The van der Waals surface area contributed by atoms with Gasteiger partial charge in [-0.2, -0.15) is 0 Å². The Hall–Kier alpha value is -0.0800. The van der Waals surface area contributed by atoms with E-state index in [4.69, 9.17) is 0 Å². The molecule has 0 amide bonds. The summed E-state index contributed by atoms with van der Waals surface area (Å²) in [6, 6.07) is 0. The van der Waals surface area contributed by atoms with Gasteiger partial charge in [0.15, 0.2) is 0 Å². The smallest absolute Gasteiger partial charge is 0.0675 e. The van der Waals surface area contributed by atoms with E-state index in [2.05, 4.69) is 27.7 Å². The molecule has 0 aromatic rings. The minimum atomic E-state index is -0.469. The van der Waals surface area contributed by atoms with Crippen molar-refractivity contribution < 1.29 is 10.2 Å². The molecule has 132 valence electrons. The van der Waals surface area contributed by atoms with Crippen LogP contribution in [0.1, 0.15) is 79.1 Å². The van der Waals surface area contributed by atoms with Crippen molar-refractivity contribution >= 4 is 0 Å². The summed E-state index contributed by atoms with van der Waals surface area (Å²) in [6.07, 6.45) is 9.19. The summed E-state index contributed by atoms with van der Waals surface area (Å²) in [5.74, 6) is 3.78. The van der Waals surface area contributed by atoms with Crippen LogP contribution in [0.2, 0.25) is 0 Å². The molecule has 0 aliphatic heterocycles. The lowest BCUT2D eigenvalue weighted by Gasteiger charge is -2.63. The zero-order chi connectivity index (χ0) is 16.6. The average Bonchev–Trinajstić information content (AvgIpc) is 2.72. The summed E-state index contributed by atoms with van der Waals surface area (Å²) < 4.78 is 0. The van der Waals surface area contributed by atoms with Gasteiger partial charge in [0.1, 0.15) is 0 Å². The van der Waals surface area contributed by atoms with E-state index in [1.807, 2.05) is 0 Å². The first-order chi connectivity index (χ1) is 10.7. The van der Waals surface area contributed by atoms with E-state index < -0.39 is 5.60 Å². The Morgan fingerprint density at radius 2 is 1.57 bits per heavy atom. The van der Waals surface area contributed by atoms with Gasteiger partial charge in [-0.3, -0.25) is 0 Å².